The minimum Gasteiger partial charge on any atom is -0.334 e. The Morgan fingerprint density at radius 1 is 1.05 bits per heavy atom. The topological polar surface area (TPSA) is 76.2 Å². The summed E-state index contributed by atoms with van der Waals surface area (Å²) in [5.41, 5.74) is -4.15. The fourth-order valence-corrected chi connectivity index (χ4v) is 5.78. The minimum absolute atomic E-state index is 0.0119. The average molecular weight is 634 g/mol. The van der Waals surface area contributed by atoms with Gasteiger partial charge in [0, 0.05) is 37.6 Å². The van der Waals surface area contributed by atoms with Crippen LogP contribution < -0.4 is 5.32 Å². The maximum Gasteiger partial charge on any atom is 0.416 e. The molecule has 2 aliphatic heterocycles. The van der Waals surface area contributed by atoms with E-state index < -0.39 is 53.3 Å². The molecule has 0 spiro atoms. The Balaban J connectivity index is 1.65. The number of likely N-dealkylation sites (N-methyl/N-ethyl adjacent to an activating group) is 1. The first kappa shape index (κ1) is 32.4. The zero-order chi connectivity index (χ0) is 31.9. The van der Waals surface area contributed by atoms with E-state index in [-0.39, 0.29) is 50.5 Å². The maximum atomic E-state index is 13.7. The Morgan fingerprint density at radius 2 is 1.65 bits per heavy atom. The second-order valence-electron chi connectivity index (χ2n) is 11.0. The number of alkyl halides is 6. The lowest BCUT2D eigenvalue weighted by Gasteiger charge is -2.59. The monoisotopic (exact) mass is 633 g/mol. The number of amides is 4. The van der Waals surface area contributed by atoms with Crippen molar-refractivity contribution < 1.29 is 40.7 Å². The second kappa shape index (κ2) is 11.9. The molecule has 4 amide bonds. The highest BCUT2D eigenvalue weighted by Gasteiger charge is 2.56. The molecular weight excluding hydrogens is 604 g/mol. The normalized spacial score (nSPS) is 21.4. The number of hydrogen-bond acceptors (Lipinski definition) is 4. The van der Waals surface area contributed by atoms with Crippen LogP contribution in [0.15, 0.2) is 42.5 Å². The number of carbonyl (C=O) groups excluding carboxylic acids is 3. The van der Waals surface area contributed by atoms with Crippen molar-refractivity contribution in [2.45, 2.75) is 50.5 Å². The molecule has 2 saturated heterocycles. The summed E-state index contributed by atoms with van der Waals surface area (Å²) in [6, 6.07) is 6.20. The molecule has 0 aliphatic carbocycles. The van der Waals surface area contributed by atoms with Crippen LogP contribution in [0.2, 0.25) is 5.02 Å². The lowest BCUT2D eigenvalue weighted by Crippen LogP contribution is -2.79. The molecule has 15 heteroatoms. The molecule has 2 heterocycles. The maximum absolute atomic E-state index is 13.7. The van der Waals surface area contributed by atoms with Crippen molar-refractivity contribution in [3.8, 4) is 0 Å². The third-order valence-corrected chi connectivity index (χ3v) is 7.88. The van der Waals surface area contributed by atoms with Gasteiger partial charge in [0.15, 0.2) is 0 Å². The van der Waals surface area contributed by atoms with Gasteiger partial charge in [0.1, 0.15) is 11.7 Å². The molecule has 2 aliphatic rings. The SMILES string of the molecule is CN(C)C[C@H]1C(=O)N(Cc2ccccc2Cl)C[C@]2(C)N(C(=O)NCc3cc(C(F)(F)F)cc(C(F)(F)F)c3)CCC(=O)N12. The van der Waals surface area contributed by atoms with Crippen molar-refractivity contribution >= 4 is 29.4 Å². The molecule has 0 bridgehead atoms. The summed E-state index contributed by atoms with van der Waals surface area (Å²) in [6.07, 6.45) is -10.2. The van der Waals surface area contributed by atoms with E-state index in [2.05, 4.69) is 5.32 Å². The fraction of sp³-hybridized carbons (Fsp3) is 0.464. The van der Waals surface area contributed by atoms with Gasteiger partial charge in [-0.1, -0.05) is 29.8 Å². The quantitative estimate of drug-likeness (QED) is 0.464. The molecular formula is C28H30ClF6N5O3. The molecule has 0 aromatic heterocycles. The van der Waals surface area contributed by atoms with Crippen molar-refractivity contribution in [2.75, 3.05) is 33.7 Å². The predicted molar refractivity (Wildman–Crippen MR) is 144 cm³/mol. The van der Waals surface area contributed by atoms with Gasteiger partial charge in [-0.15, -0.1) is 0 Å². The fourth-order valence-electron chi connectivity index (χ4n) is 5.59. The second-order valence-corrected chi connectivity index (χ2v) is 11.4. The Morgan fingerprint density at radius 3 is 2.21 bits per heavy atom. The first-order chi connectivity index (χ1) is 19.9. The molecule has 2 atom stereocenters. The highest BCUT2D eigenvalue weighted by Crippen LogP contribution is 2.38. The number of nitrogens with one attached hydrogen (secondary N) is 1. The number of halogens is 7. The zero-order valence-electron chi connectivity index (χ0n) is 23.5. The largest absolute Gasteiger partial charge is 0.416 e. The number of carbonyl (C=O) groups is 3. The predicted octanol–water partition coefficient (Wildman–Crippen LogP) is 4.81. The van der Waals surface area contributed by atoms with Gasteiger partial charge in [0.25, 0.3) is 0 Å². The summed E-state index contributed by atoms with van der Waals surface area (Å²) < 4.78 is 80.0. The van der Waals surface area contributed by atoms with Crippen LogP contribution in [0.25, 0.3) is 0 Å². The van der Waals surface area contributed by atoms with Crippen LogP contribution in [0.4, 0.5) is 31.1 Å². The molecule has 2 aromatic carbocycles. The van der Waals surface area contributed by atoms with Gasteiger partial charge < -0.3 is 20.0 Å². The van der Waals surface area contributed by atoms with Crippen molar-refractivity contribution in [2.24, 2.45) is 0 Å². The van der Waals surface area contributed by atoms with Crippen molar-refractivity contribution in [3.05, 3.63) is 69.7 Å². The number of hydrogen-bond donors (Lipinski definition) is 1. The van der Waals surface area contributed by atoms with E-state index >= 15 is 0 Å². The van der Waals surface area contributed by atoms with Crippen molar-refractivity contribution in [1.29, 1.82) is 0 Å². The molecule has 1 N–H and O–H groups in total. The summed E-state index contributed by atoms with van der Waals surface area (Å²) in [5.74, 6) is -0.720. The lowest BCUT2D eigenvalue weighted by atomic mass is 9.93. The minimum atomic E-state index is -5.04. The van der Waals surface area contributed by atoms with E-state index in [1.165, 1.54) is 14.7 Å². The Labute approximate surface area is 249 Å². The number of fused-ring (bicyclic) bond motifs is 1. The smallest absolute Gasteiger partial charge is 0.334 e. The molecule has 0 saturated carbocycles. The summed E-state index contributed by atoms with van der Waals surface area (Å²) >= 11 is 6.34. The van der Waals surface area contributed by atoms with E-state index in [0.29, 0.717) is 22.7 Å². The Hall–Kier alpha value is -3.52. The first-order valence-electron chi connectivity index (χ1n) is 13.2. The van der Waals surface area contributed by atoms with Crippen LogP contribution >= 0.6 is 11.6 Å². The molecule has 2 aromatic rings. The van der Waals surface area contributed by atoms with E-state index in [1.54, 1.807) is 50.2 Å². The third-order valence-electron chi connectivity index (χ3n) is 7.51. The summed E-state index contributed by atoms with van der Waals surface area (Å²) in [5, 5.41) is 2.84. The standard InChI is InChI=1S/C28H30ClF6N5O3/c1-26-16-38(14-18-6-4-5-7-21(18)29)24(42)22(15-37(2)3)40(26)23(41)8-9-39(26)25(43)36-13-17-10-19(27(30,31)32)12-20(11-17)28(33,34)35/h4-7,10-12,22H,8-9,13-16H2,1-3H3,(H,36,43)/t22-,26+/m0/s1. The van der Waals surface area contributed by atoms with Crippen LogP contribution in [0.1, 0.15) is 35.6 Å². The van der Waals surface area contributed by atoms with E-state index in [9.17, 15) is 40.7 Å². The highest BCUT2D eigenvalue weighted by atomic mass is 35.5. The third kappa shape index (κ3) is 6.85. The van der Waals surface area contributed by atoms with Crippen LogP contribution in [-0.2, 0) is 35.0 Å². The van der Waals surface area contributed by atoms with Gasteiger partial charge in [-0.05, 0) is 56.4 Å². The van der Waals surface area contributed by atoms with Gasteiger partial charge >= 0.3 is 18.4 Å². The summed E-state index contributed by atoms with van der Waals surface area (Å²) in [4.78, 5) is 46.3. The van der Waals surface area contributed by atoms with Gasteiger partial charge in [-0.3, -0.25) is 14.5 Å². The van der Waals surface area contributed by atoms with Crippen LogP contribution in [0, 0.1) is 0 Å². The van der Waals surface area contributed by atoms with Gasteiger partial charge in [-0.25, -0.2) is 4.79 Å². The van der Waals surface area contributed by atoms with Crippen molar-refractivity contribution in [1.82, 2.24) is 24.9 Å². The number of urea groups is 1. The van der Waals surface area contributed by atoms with Gasteiger partial charge in [0.05, 0.1) is 17.7 Å². The summed E-state index contributed by atoms with van der Waals surface area (Å²) in [7, 11) is 3.45. The highest BCUT2D eigenvalue weighted by molar-refractivity contribution is 6.31. The molecule has 234 valence electrons. The van der Waals surface area contributed by atoms with E-state index in [4.69, 9.17) is 11.6 Å². The molecule has 4 rings (SSSR count). The first-order valence-corrected chi connectivity index (χ1v) is 13.6. The Kier molecular flexibility index (Phi) is 8.94. The van der Waals surface area contributed by atoms with E-state index in [1.807, 2.05) is 0 Å². The van der Waals surface area contributed by atoms with Crippen LogP contribution in [-0.4, -0.2) is 82.9 Å². The number of rotatable bonds is 6. The molecule has 43 heavy (non-hydrogen) atoms. The number of benzene rings is 2. The lowest BCUT2D eigenvalue weighted by molar-refractivity contribution is -0.183. The zero-order valence-corrected chi connectivity index (χ0v) is 24.3. The molecule has 0 radical (unpaired) electrons. The summed E-state index contributed by atoms with van der Waals surface area (Å²) in [6.45, 7) is 0.984. The molecule has 0 unspecified atom stereocenters. The van der Waals surface area contributed by atoms with Crippen molar-refractivity contribution in [3.63, 3.8) is 0 Å². The van der Waals surface area contributed by atoms with E-state index in [0.717, 1.165) is 0 Å². The molecule has 8 nitrogen and oxygen atoms in total. The van der Waals surface area contributed by atoms with Crippen LogP contribution in [0.5, 0.6) is 0 Å². The molecule has 2 fully saturated rings. The Bertz CT molecular complexity index is 1370. The average Bonchev–Trinajstić information content (AvgIpc) is 2.89. The number of nitrogens with zero attached hydrogens (tertiary/aromatic N) is 4. The number of piperazine rings is 1. The van der Waals surface area contributed by atoms with Gasteiger partial charge in [-0.2, -0.15) is 26.3 Å². The van der Waals surface area contributed by atoms with Gasteiger partial charge in [0.2, 0.25) is 11.8 Å². The van der Waals surface area contributed by atoms with Crippen LogP contribution in [0.3, 0.4) is 0 Å².